The van der Waals surface area contributed by atoms with Crippen molar-refractivity contribution in [3.8, 4) is 0 Å². The number of aromatic nitrogens is 1. The van der Waals surface area contributed by atoms with Crippen molar-refractivity contribution in [2.24, 2.45) is 7.05 Å². The van der Waals surface area contributed by atoms with Gasteiger partial charge < -0.3 is 9.88 Å². The average Bonchev–Trinajstić information content (AvgIpc) is 2.51. The van der Waals surface area contributed by atoms with E-state index in [0.717, 1.165) is 17.4 Å². The molecule has 0 spiro atoms. The standard InChI is InChI=1S/C14H17BrN2/c1-14(2)7-13-11(8-16-14)10-6-9(15)4-5-12(10)17(13)3/h4-6,16H,7-8H2,1-3H3. The summed E-state index contributed by atoms with van der Waals surface area (Å²) in [7, 11) is 2.18. The third kappa shape index (κ3) is 1.72. The first kappa shape index (κ1) is 11.3. The van der Waals surface area contributed by atoms with Crippen molar-refractivity contribution < 1.29 is 0 Å². The topological polar surface area (TPSA) is 17.0 Å². The summed E-state index contributed by atoms with van der Waals surface area (Å²) in [5.41, 5.74) is 4.47. The minimum atomic E-state index is 0.201. The van der Waals surface area contributed by atoms with Crippen molar-refractivity contribution in [2.75, 3.05) is 0 Å². The van der Waals surface area contributed by atoms with Crippen LogP contribution in [-0.4, -0.2) is 10.1 Å². The molecule has 0 saturated heterocycles. The number of halogens is 1. The van der Waals surface area contributed by atoms with Gasteiger partial charge in [-0.25, -0.2) is 0 Å². The molecule has 0 aliphatic carbocycles. The molecule has 17 heavy (non-hydrogen) atoms. The van der Waals surface area contributed by atoms with E-state index in [1.807, 2.05) is 0 Å². The second-order valence-corrected chi connectivity index (χ2v) is 6.48. The Labute approximate surface area is 110 Å². The Morgan fingerprint density at radius 2 is 2.12 bits per heavy atom. The number of nitrogens with one attached hydrogen (secondary N) is 1. The average molecular weight is 293 g/mol. The molecule has 0 bridgehead atoms. The second-order valence-electron chi connectivity index (χ2n) is 5.56. The molecule has 2 heterocycles. The summed E-state index contributed by atoms with van der Waals surface area (Å²) in [6.07, 6.45) is 1.09. The zero-order valence-electron chi connectivity index (χ0n) is 10.5. The van der Waals surface area contributed by atoms with Crippen LogP contribution in [0.1, 0.15) is 25.1 Å². The molecular formula is C14H17BrN2. The summed E-state index contributed by atoms with van der Waals surface area (Å²) >= 11 is 3.56. The molecule has 2 aromatic rings. The molecule has 1 aliphatic heterocycles. The largest absolute Gasteiger partial charge is 0.347 e. The van der Waals surface area contributed by atoms with E-state index in [4.69, 9.17) is 0 Å². The van der Waals surface area contributed by atoms with Gasteiger partial charge >= 0.3 is 0 Å². The smallest absolute Gasteiger partial charge is 0.0484 e. The van der Waals surface area contributed by atoms with Crippen LogP contribution in [0.3, 0.4) is 0 Å². The Kier molecular flexibility index (Phi) is 2.39. The normalized spacial score (nSPS) is 18.4. The Hall–Kier alpha value is -0.800. The van der Waals surface area contributed by atoms with Gasteiger partial charge in [-0.2, -0.15) is 0 Å². The van der Waals surface area contributed by atoms with Gasteiger partial charge in [-0.15, -0.1) is 0 Å². The molecule has 1 aromatic heterocycles. The fourth-order valence-corrected chi connectivity index (χ4v) is 3.14. The van der Waals surface area contributed by atoms with Crippen LogP contribution in [0, 0.1) is 0 Å². The maximum Gasteiger partial charge on any atom is 0.0484 e. The van der Waals surface area contributed by atoms with E-state index in [2.05, 4.69) is 64.9 Å². The number of nitrogens with zero attached hydrogens (tertiary/aromatic N) is 1. The predicted molar refractivity (Wildman–Crippen MR) is 75.2 cm³/mol. The van der Waals surface area contributed by atoms with Crippen LogP contribution in [0.4, 0.5) is 0 Å². The van der Waals surface area contributed by atoms with Gasteiger partial charge in [0.1, 0.15) is 0 Å². The zero-order valence-corrected chi connectivity index (χ0v) is 12.1. The van der Waals surface area contributed by atoms with Gasteiger partial charge in [0.2, 0.25) is 0 Å². The lowest BCUT2D eigenvalue weighted by atomic mass is 9.91. The van der Waals surface area contributed by atoms with Crippen molar-refractivity contribution in [1.29, 1.82) is 0 Å². The monoisotopic (exact) mass is 292 g/mol. The third-order valence-electron chi connectivity index (χ3n) is 3.75. The molecule has 0 atom stereocenters. The number of benzene rings is 1. The van der Waals surface area contributed by atoms with Crippen LogP contribution in [0.5, 0.6) is 0 Å². The quantitative estimate of drug-likeness (QED) is 0.788. The van der Waals surface area contributed by atoms with Gasteiger partial charge in [0.25, 0.3) is 0 Å². The van der Waals surface area contributed by atoms with Gasteiger partial charge in [-0.05, 0) is 37.6 Å². The summed E-state index contributed by atoms with van der Waals surface area (Å²) in [6, 6.07) is 6.55. The number of fused-ring (bicyclic) bond motifs is 3. The van der Waals surface area contributed by atoms with E-state index in [0.29, 0.717) is 0 Å². The predicted octanol–water partition coefficient (Wildman–Crippen LogP) is 3.37. The fraction of sp³-hybridized carbons (Fsp3) is 0.429. The highest BCUT2D eigenvalue weighted by Gasteiger charge is 2.28. The number of hydrogen-bond donors (Lipinski definition) is 1. The molecule has 3 rings (SSSR count). The molecule has 2 nitrogen and oxygen atoms in total. The molecule has 0 unspecified atom stereocenters. The number of hydrogen-bond acceptors (Lipinski definition) is 1. The first-order valence-electron chi connectivity index (χ1n) is 5.99. The lowest BCUT2D eigenvalue weighted by molar-refractivity contribution is 0.356. The van der Waals surface area contributed by atoms with E-state index in [-0.39, 0.29) is 5.54 Å². The van der Waals surface area contributed by atoms with Gasteiger partial charge in [-0.3, -0.25) is 0 Å². The van der Waals surface area contributed by atoms with Crippen LogP contribution in [0.15, 0.2) is 22.7 Å². The maximum atomic E-state index is 3.61. The van der Waals surface area contributed by atoms with Crippen LogP contribution in [0.2, 0.25) is 0 Å². The third-order valence-corrected chi connectivity index (χ3v) is 4.24. The molecular weight excluding hydrogens is 276 g/mol. The molecule has 1 aromatic carbocycles. The highest BCUT2D eigenvalue weighted by molar-refractivity contribution is 9.10. The lowest BCUT2D eigenvalue weighted by Crippen LogP contribution is -2.44. The first-order valence-corrected chi connectivity index (χ1v) is 6.78. The molecule has 0 amide bonds. The van der Waals surface area contributed by atoms with Crippen molar-refractivity contribution in [2.45, 2.75) is 32.4 Å². The maximum absolute atomic E-state index is 3.61. The summed E-state index contributed by atoms with van der Waals surface area (Å²) in [6.45, 7) is 5.50. The van der Waals surface area contributed by atoms with Crippen molar-refractivity contribution in [3.05, 3.63) is 33.9 Å². The van der Waals surface area contributed by atoms with Crippen LogP contribution >= 0.6 is 15.9 Å². The Balaban J connectivity index is 2.29. The molecule has 3 heteroatoms. The van der Waals surface area contributed by atoms with Gasteiger partial charge in [0.15, 0.2) is 0 Å². The summed E-state index contributed by atoms with van der Waals surface area (Å²) in [5, 5.41) is 4.99. The molecule has 1 aliphatic rings. The van der Waals surface area contributed by atoms with E-state index in [9.17, 15) is 0 Å². The molecule has 0 saturated carbocycles. The van der Waals surface area contributed by atoms with Gasteiger partial charge in [0.05, 0.1) is 0 Å². The minimum Gasteiger partial charge on any atom is -0.347 e. The number of aryl methyl sites for hydroxylation is 1. The minimum absolute atomic E-state index is 0.201. The van der Waals surface area contributed by atoms with Crippen LogP contribution in [-0.2, 0) is 20.0 Å². The highest BCUT2D eigenvalue weighted by atomic mass is 79.9. The Bertz CT molecular complexity index is 596. The fourth-order valence-electron chi connectivity index (χ4n) is 2.78. The molecule has 0 fully saturated rings. The highest BCUT2D eigenvalue weighted by Crippen LogP contribution is 2.33. The SMILES string of the molecule is Cn1c2c(c3cc(Br)ccc31)CNC(C)(C)C2. The summed E-state index contributed by atoms with van der Waals surface area (Å²) in [4.78, 5) is 0. The van der Waals surface area contributed by atoms with Crippen LogP contribution < -0.4 is 5.32 Å². The van der Waals surface area contributed by atoms with Gasteiger partial charge in [0, 0.05) is 46.6 Å². The molecule has 90 valence electrons. The molecule has 1 N–H and O–H groups in total. The Morgan fingerprint density at radius 3 is 2.88 bits per heavy atom. The lowest BCUT2D eigenvalue weighted by Gasteiger charge is -2.32. The van der Waals surface area contributed by atoms with Crippen LogP contribution in [0.25, 0.3) is 10.9 Å². The zero-order chi connectivity index (χ0) is 12.2. The van der Waals surface area contributed by atoms with Crippen molar-refractivity contribution >= 4 is 26.8 Å². The first-order chi connectivity index (χ1) is 7.98. The van der Waals surface area contributed by atoms with E-state index >= 15 is 0 Å². The summed E-state index contributed by atoms with van der Waals surface area (Å²) in [5.74, 6) is 0. The van der Waals surface area contributed by atoms with E-state index in [1.54, 1.807) is 0 Å². The molecule has 0 radical (unpaired) electrons. The van der Waals surface area contributed by atoms with E-state index in [1.165, 1.54) is 22.2 Å². The second kappa shape index (κ2) is 3.59. The van der Waals surface area contributed by atoms with E-state index < -0.39 is 0 Å². The van der Waals surface area contributed by atoms with Crippen molar-refractivity contribution in [3.63, 3.8) is 0 Å². The van der Waals surface area contributed by atoms with Crippen molar-refractivity contribution in [1.82, 2.24) is 9.88 Å². The van der Waals surface area contributed by atoms with Gasteiger partial charge in [-0.1, -0.05) is 15.9 Å². The Morgan fingerprint density at radius 1 is 1.35 bits per heavy atom. The number of rotatable bonds is 0. The summed E-state index contributed by atoms with van der Waals surface area (Å²) < 4.78 is 3.50.